The molecular formula is C7H11NOS. The number of carbonyl (C=O) groups is 1. The Morgan fingerprint density at radius 2 is 2.30 bits per heavy atom. The zero-order valence-corrected chi connectivity index (χ0v) is 7.07. The molecule has 0 bridgehead atoms. The van der Waals surface area contributed by atoms with Gasteiger partial charge in [0.15, 0.2) is 4.75 Å². The van der Waals surface area contributed by atoms with E-state index in [1.54, 1.807) is 0 Å². The Balaban J connectivity index is 4.19. The Morgan fingerprint density at radius 1 is 1.70 bits per heavy atom. The van der Waals surface area contributed by atoms with Gasteiger partial charge in [-0.25, -0.2) is 0 Å². The number of carbonyl (C=O) groups excluding carboxylic acids is 1. The first-order chi connectivity index (χ1) is 4.74. The van der Waals surface area contributed by atoms with Crippen molar-refractivity contribution in [1.29, 1.82) is 5.26 Å². The minimum atomic E-state index is -0.783. The third-order valence-electron chi connectivity index (χ3n) is 1.31. The average Bonchev–Trinajstić information content (AvgIpc) is 2.01. The molecule has 1 unspecified atom stereocenters. The maximum atomic E-state index is 10.4. The highest BCUT2D eigenvalue weighted by Crippen LogP contribution is 2.25. The Morgan fingerprint density at radius 3 is 2.40 bits per heavy atom. The van der Waals surface area contributed by atoms with Gasteiger partial charge >= 0.3 is 0 Å². The van der Waals surface area contributed by atoms with Crippen LogP contribution in [0.4, 0.5) is 0 Å². The second kappa shape index (κ2) is 4.35. The second-order valence-electron chi connectivity index (χ2n) is 1.91. The van der Waals surface area contributed by atoms with Crippen LogP contribution in [0.2, 0.25) is 0 Å². The first-order valence-corrected chi connectivity index (χ1v) is 4.24. The number of hydrogen-bond acceptors (Lipinski definition) is 3. The molecule has 0 saturated heterocycles. The van der Waals surface area contributed by atoms with E-state index in [9.17, 15) is 4.79 Å². The number of thioether (sulfide) groups is 1. The molecule has 0 aliphatic rings. The lowest BCUT2D eigenvalue weighted by molar-refractivity contribution is -0.108. The van der Waals surface area contributed by atoms with Gasteiger partial charge in [0.1, 0.15) is 6.29 Å². The molecule has 0 heterocycles. The first-order valence-electron chi connectivity index (χ1n) is 3.26. The fourth-order valence-corrected chi connectivity index (χ4v) is 1.47. The summed E-state index contributed by atoms with van der Waals surface area (Å²) in [4.78, 5) is 10.4. The molecule has 0 N–H and O–H groups in total. The van der Waals surface area contributed by atoms with Crippen LogP contribution in [0.5, 0.6) is 0 Å². The van der Waals surface area contributed by atoms with E-state index in [0.717, 1.165) is 12.0 Å². The molecule has 0 amide bonds. The predicted octanol–water partition coefficient (Wildman–Crippen LogP) is 1.61. The van der Waals surface area contributed by atoms with Crippen LogP contribution >= 0.6 is 11.8 Å². The van der Waals surface area contributed by atoms with Crippen LogP contribution in [0.3, 0.4) is 0 Å². The van der Waals surface area contributed by atoms with Crippen LogP contribution in [0.1, 0.15) is 20.3 Å². The quantitative estimate of drug-likeness (QED) is 0.582. The van der Waals surface area contributed by atoms with Crippen LogP contribution in [-0.4, -0.2) is 16.8 Å². The topological polar surface area (TPSA) is 40.9 Å². The van der Waals surface area contributed by atoms with Crippen molar-refractivity contribution >= 4 is 18.0 Å². The van der Waals surface area contributed by atoms with Gasteiger partial charge in [-0.05, 0) is 12.2 Å². The van der Waals surface area contributed by atoms with Gasteiger partial charge in [0.2, 0.25) is 0 Å². The zero-order valence-electron chi connectivity index (χ0n) is 6.26. The SMILES string of the molecule is CCSC(C#N)(C=O)CC. The third kappa shape index (κ3) is 2.03. The Bertz CT molecular complexity index is 152. The molecule has 10 heavy (non-hydrogen) atoms. The van der Waals surface area contributed by atoms with Crippen LogP contribution < -0.4 is 0 Å². The molecule has 0 saturated carbocycles. The van der Waals surface area contributed by atoms with Crippen molar-refractivity contribution in [3.63, 3.8) is 0 Å². The fraction of sp³-hybridized carbons (Fsp3) is 0.714. The minimum absolute atomic E-state index is 0.589. The van der Waals surface area contributed by atoms with E-state index in [1.165, 1.54) is 11.8 Å². The summed E-state index contributed by atoms with van der Waals surface area (Å²) >= 11 is 1.39. The van der Waals surface area contributed by atoms with Gasteiger partial charge in [0.05, 0.1) is 6.07 Å². The summed E-state index contributed by atoms with van der Waals surface area (Å²) < 4.78 is -0.783. The summed E-state index contributed by atoms with van der Waals surface area (Å²) in [6.07, 6.45) is 1.33. The normalized spacial score (nSPS) is 15.3. The maximum absolute atomic E-state index is 10.4. The number of aldehydes is 1. The monoisotopic (exact) mass is 157 g/mol. The highest BCUT2D eigenvalue weighted by molar-refractivity contribution is 8.01. The Hall–Kier alpha value is -0.490. The molecule has 56 valence electrons. The molecule has 0 aromatic rings. The smallest absolute Gasteiger partial charge is 0.157 e. The van der Waals surface area contributed by atoms with E-state index < -0.39 is 4.75 Å². The highest BCUT2D eigenvalue weighted by atomic mass is 32.2. The molecule has 2 nitrogen and oxygen atoms in total. The van der Waals surface area contributed by atoms with E-state index in [1.807, 2.05) is 19.9 Å². The minimum Gasteiger partial charge on any atom is -0.301 e. The molecular weight excluding hydrogens is 146 g/mol. The molecule has 0 fully saturated rings. The van der Waals surface area contributed by atoms with E-state index in [4.69, 9.17) is 5.26 Å². The molecule has 0 spiro atoms. The molecule has 0 aromatic carbocycles. The maximum Gasteiger partial charge on any atom is 0.157 e. The lowest BCUT2D eigenvalue weighted by Gasteiger charge is -2.14. The van der Waals surface area contributed by atoms with E-state index >= 15 is 0 Å². The first kappa shape index (κ1) is 9.51. The Kier molecular flexibility index (Phi) is 4.13. The lowest BCUT2D eigenvalue weighted by Crippen LogP contribution is -2.23. The molecule has 0 aromatic heterocycles. The van der Waals surface area contributed by atoms with Gasteiger partial charge in [0.25, 0.3) is 0 Å². The van der Waals surface area contributed by atoms with Crippen LogP contribution in [0, 0.1) is 11.3 Å². The summed E-state index contributed by atoms with van der Waals surface area (Å²) in [5.74, 6) is 0.806. The van der Waals surface area contributed by atoms with Gasteiger partial charge in [-0.1, -0.05) is 13.8 Å². The average molecular weight is 157 g/mol. The van der Waals surface area contributed by atoms with Crippen molar-refractivity contribution in [1.82, 2.24) is 0 Å². The standard InChI is InChI=1S/C7H11NOS/c1-3-7(5-8,6-9)10-4-2/h6H,3-4H2,1-2H3. The summed E-state index contributed by atoms with van der Waals surface area (Å²) in [5.41, 5.74) is 0. The van der Waals surface area contributed by atoms with Gasteiger partial charge in [-0.3, -0.25) is 0 Å². The Labute approximate surface area is 65.6 Å². The molecule has 1 atom stereocenters. The van der Waals surface area contributed by atoms with Crippen molar-refractivity contribution in [2.75, 3.05) is 5.75 Å². The molecule has 0 rings (SSSR count). The lowest BCUT2D eigenvalue weighted by atomic mass is 10.1. The van der Waals surface area contributed by atoms with E-state index in [-0.39, 0.29) is 0 Å². The number of hydrogen-bond donors (Lipinski definition) is 0. The number of nitriles is 1. The van der Waals surface area contributed by atoms with Crippen molar-refractivity contribution in [3.05, 3.63) is 0 Å². The van der Waals surface area contributed by atoms with E-state index in [2.05, 4.69) is 0 Å². The summed E-state index contributed by atoms with van der Waals surface area (Å²) in [6, 6.07) is 2.01. The third-order valence-corrected chi connectivity index (χ3v) is 2.59. The predicted molar refractivity (Wildman–Crippen MR) is 42.8 cm³/mol. The van der Waals surface area contributed by atoms with Crippen LogP contribution in [0.15, 0.2) is 0 Å². The summed E-state index contributed by atoms with van der Waals surface area (Å²) in [7, 11) is 0. The van der Waals surface area contributed by atoms with Crippen molar-refractivity contribution in [2.45, 2.75) is 25.0 Å². The van der Waals surface area contributed by atoms with Crippen LogP contribution in [0.25, 0.3) is 0 Å². The van der Waals surface area contributed by atoms with Crippen molar-refractivity contribution in [2.24, 2.45) is 0 Å². The van der Waals surface area contributed by atoms with Gasteiger partial charge in [0, 0.05) is 0 Å². The zero-order chi connectivity index (χ0) is 8.04. The molecule has 0 radical (unpaired) electrons. The van der Waals surface area contributed by atoms with Gasteiger partial charge < -0.3 is 4.79 Å². The number of rotatable bonds is 4. The molecule has 3 heteroatoms. The molecule has 0 aliphatic heterocycles. The van der Waals surface area contributed by atoms with Crippen molar-refractivity contribution in [3.8, 4) is 6.07 Å². The molecule has 0 aliphatic carbocycles. The fourth-order valence-electron chi connectivity index (χ4n) is 0.615. The highest BCUT2D eigenvalue weighted by Gasteiger charge is 2.26. The van der Waals surface area contributed by atoms with Crippen molar-refractivity contribution < 1.29 is 4.79 Å². The summed E-state index contributed by atoms with van der Waals surface area (Å²) in [5, 5.41) is 8.61. The van der Waals surface area contributed by atoms with Gasteiger partial charge in [-0.15, -0.1) is 11.8 Å². The van der Waals surface area contributed by atoms with Crippen LogP contribution in [-0.2, 0) is 4.79 Å². The second-order valence-corrected chi connectivity index (χ2v) is 3.50. The summed E-state index contributed by atoms with van der Waals surface area (Å²) in [6.45, 7) is 3.79. The number of nitrogens with zero attached hydrogens (tertiary/aromatic N) is 1. The van der Waals surface area contributed by atoms with Gasteiger partial charge in [-0.2, -0.15) is 5.26 Å². The largest absolute Gasteiger partial charge is 0.301 e. The van der Waals surface area contributed by atoms with E-state index in [0.29, 0.717) is 6.42 Å².